The molecular formula is C10H22ClN. The van der Waals surface area contributed by atoms with Gasteiger partial charge in [-0.3, -0.25) is 0 Å². The average molecular weight is 192 g/mol. The lowest BCUT2D eigenvalue weighted by Gasteiger charge is -2.19. The zero-order valence-electron chi connectivity index (χ0n) is 8.41. The van der Waals surface area contributed by atoms with E-state index >= 15 is 0 Å². The minimum atomic E-state index is 0. The molecular weight excluding hydrogens is 170 g/mol. The molecule has 2 unspecified atom stereocenters. The molecule has 0 aromatic carbocycles. The Hall–Kier alpha value is 0.250. The van der Waals surface area contributed by atoms with Crippen molar-refractivity contribution in [1.82, 2.24) is 0 Å². The maximum atomic E-state index is 2.34. The lowest BCUT2D eigenvalue weighted by molar-refractivity contribution is -0.912. The second-order valence-electron chi connectivity index (χ2n) is 3.76. The molecule has 0 amide bonds. The molecule has 0 aliphatic carbocycles. The highest BCUT2D eigenvalue weighted by atomic mass is 35.5. The summed E-state index contributed by atoms with van der Waals surface area (Å²) in [5.41, 5.74) is 0. The zero-order valence-corrected chi connectivity index (χ0v) is 9.16. The monoisotopic (exact) mass is 191 g/mol. The van der Waals surface area contributed by atoms with Crippen LogP contribution in [-0.4, -0.2) is 19.1 Å². The second kappa shape index (κ2) is 6.73. The first-order valence-corrected chi connectivity index (χ1v) is 5.23. The number of hydrogen-bond donors (Lipinski definition) is 1. The molecule has 1 aliphatic heterocycles. The first-order chi connectivity index (χ1) is 5.38. The molecule has 0 bridgehead atoms. The normalized spacial score (nSPS) is 28.5. The first-order valence-electron chi connectivity index (χ1n) is 5.23. The smallest absolute Gasteiger partial charge is 0.0874 e. The van der Waals surface area contributed by atoms with Gasteiger partial charge in [-0.05, 0) is 12.8 Å². The summed E-state index contributed by atoms with van der Waals surface area (Å²) in [6.07, 6.45) is 7.12. The number of unbranched alkanes of at least 4 members (excludes halogenated alkanes) is 1. The van der Waals surface area contributed by atoms with Gasteiger partial charge in [-0.25, -0.2) is 0 Å². The van der Waals surface area contributed by atoms with Crippen molar-refractivity contribution in [3.63, 3.8) is 0 Å². The SMILES string of the molecule is CCCC[NH+]1CCCC1CC.[Cl-]. The van der Waals surface area contributed by atoms with Gasteiger partial charge in [0.2, 0.25) is 0 Å². The van der Waals surface area contributed by atoms with Crippen LogP contribution in [0.3, 0.4) is 0 Å². The van der Waals surface area contributed by atoms with Gasteiger partial charge in [0.05, 0.1) is 19.1 Å². The number of nitrogens with one attached hydrogen (secondary N) is 1. The van der Waals surface area contributed by atoms with Gasteiger partial charge in [-0.15, -0.1) is 0 Å². The van der Waals surface area contributed by atoms with E-state index < -0.39 is 0 Å². The molecule has 1 nitrogen and oxygen atoms in total. The van der Waals surface area contributed by atoms with Crippen molar-refractivity contribution in [2.24, 2.45) is 0 Å². The maximum Gasteiger partial charge on any atom is 0.0874 e. The predicted octanol–water partition coefficient (Wildman–Crippen LogP) is -1.75. The Balaban J connectivity index is 0.00000121. The first kappa shape index (κ1) is 12.2. The van der Waals surface area contributed by atoms with Crippen molar-refractivity contribution in [1.29, 1.82) is 0 Å². The molecule has 1 N–H and O–H groups in total. The zero-order chi connectivity index (χ0) is 8.10. The van der Waals surface area contributed by atoms with Crippen molar-refractivity contribution in [2.45, 2.75) is 52.0 Å². The topological polar surface area (TPSA) is 4.44 Å². The van der Waals surface area contributed by atoms with E-state index in [9.17, 15) is 0 Å². The van der Waals surface area contributed by atoms with Crippen LogP contribution in [0.4, 0.5) is 0 Å². The van der Waals surface area contributed by atoms with Gasteiger partial charge in [0, 0.05) is 12.8 Å². The summed E-state index contributed by atoms with van der Waals surface area (Å²) in [5.74, 6) is 0. The molecule has 2 atom stereocenters. The number of likely N-dealkylation sites (tertiary alicyclic amines) is 1. The fourth-order valence-corrected chi connectivity index (χ4v) is 2.21. The number of halogens is 1. The van der Waals surface area contributed by atoms with Gasteiger partial charge in [0.15, 0.2) is 0 Å². The highest BCUT2D eigenvalue weighted by Gasteiger charge is 2.25. The third-order valence-corrected chi connectivity index (χ3v) is 2.97. The van der Waals surface area contributed by atoms with E-state index in [1.54, 1.807) is 0 Å². The van der Waals surface area contributed by atoms with Gasteiger partial charge >= 0.3 is 0 Å². The van der Waals surface area contributed by atoms with Crippen molar-refractivity contribution in [2.75, 3.05) is 13.1 Å². The summed E-state index contributed by atoms with van der Waals surface area (Å²) < 4.78 is 0. The molecule has 74 valence electrons. The Labute approximate surface area is 82.9 Å². The average Bonchev–Trinajstić information content (AvgIpc) is 2.47. The highest BCUT2D eigenvalue weighted by molar-refractivity contribution is 4.59. The summed E-state index contributed by atoms with van der Waals surface area (Å²) in [5, 5.41) is 0. The van der Waals surface area contributed by atoms with Gasteiger partial charge in [-0.2, -0.15) is 0 Å². The van der Waals surface area contributed by atoms with E-state index in [1.165, 1.54) is 45.2 Å². The van der Waals surface area contributed by atoms with Crippen LogP contribution in [0.2, 0.25) is 0 Å². The van der Waals surface area contributed by atoms with Gasteiger partial charge < -0.3 is 17.3 Å². The van der Waals surface area contributed by atoms with Gasteiger partial charge in [0.1, 0.15) is 0 Å². The summed E-state index contributed by atoms with van der Waals surface area (Å²) >= 11 is 0. The molecule has 1 rings (SSSR count). The molecule has 0 saturated carbocycles. The van der Waals surface area contributed by atoms with Crippen LogP contribution < -0.4 is 17.3 Å². The van der Waals surface area contributed by atoms with Crippen LogP contribution in [0.5, 0.6) is 0 Å². The molecule has 12 heavy (non-hydrogen) atoms. The number of rotatable bonds is 4. The molecule has 2 heteroatoms. The van der Waals surface area contributed by atoms with Crippen LogP contribution in [0, 0.1) is 0 Å². The Morgan fingerprint density at radius 3 is 2.67 bits per heavy atom. The maximum absolute atomic E-state index is 2.34. The third-order valence-electron chi connectivity index (χ3n) is 2.97. The van der Waals surface area contributed by atoms with E-state index in [0.717, 1.165) is 6.04 Å². The molecule has 0 aromatic rings. The Morgan fingerprint density at radius 1 is 1.33 bits per heavy atom. The van der Waals surface area contributed by atoms with Gasteiger partial charge in [-0.1, -0.05) is 20.3 Å². The van der Waals surface area contributed by atoms with Crippen LogP contribution in [0.25, 0.3) is 0 Å². The van der Waals surface area contributed by atoms with Crippen molar-refractivity contribution >= 4 is 0 Å². The summed E-state index contributed by atoms with van der Waals surface area (Å²) in [6, 6.07) is 1.00. The molecule has 0 spiro atoms. The minimum Gasteiger partial charge on any atom is -1.00 e. The molecule has 1 aliphatic rings. The molecule has 1 saturated heterocycles. The van der Waals surface area contributed by atoms with E-state index in [1.807, 2.05) is 4.90 Å². The minimum absolute atomic E-state index is 0. The van der Waals surface area contributed by atoms with E-state index in [4.69, 9.17) is 0 Å². The van der Waals surface area contributed by atoms with E-state index in [2.05, 4.69) is 13.8 Å². The fraction of sp³-hybridized carbons (Fsp3) is 1.00. The van der Waals surface area contributed by atoms with E-state index in [-0.39, 0.29) is 12.4 Å². The van der Waals surface area contributed by atoms with Crippen LogP contribution in [0.15, 0.2) is 0 Å². The van der Waals surface area contributed by atoms with Crippen LogP contribution in [0.1, 0.15) is 46.0 Å². The van der Waals surface area contributed by atoms with E-state index in [0.29, 0.717) is 0 Å². The summed E-state index contributed by atoms with van der Waals surface area (Å²) in [6.45, 7) is 7.49. The van der Waals surface area contributed by atoms with Crippen LogP contribution in [-0.2, 0) is 0 Å². The third kappa shape index (κ3) is 3.32. The fourth-order valence-electron chi connectivity index (χ4n) is 2.21. The van der Waals surface area contributed by atoms with Gasteiger partial charge in [0.25, 0.3) is 0 Å². The number of hydrogen-bond acceptors (Lipinski definition) is 0. The molecule has 0 radical (unpaired) electrons. The lowest BCUT2D eigenvalue weighted by Crippen LogP contribution is -3.13. The molecule has 0 aromatic heterocycles. The van der Waals surface area contributed by atoms with Crippen LogP contribution >= 0.6 is 0 Å². The summed E-state index contributed by atoms with van der Waals surface area (Å²) in [7, 11) is 0. The lowest BCUT2D eigenvalue weighted by atomic mass is 10.1. The van der Waals surface area contributed by atoms with Crippen molar-refractivity contribution in [3.8, 4) is 0 Å². The number of quaternary nitrogens is 1. The summed E-state index contributed by atoms with van der Waals surface area (Å²) in [4.78, 5) is 1.88. The Kier molecular flexibility index (Phi) is 6.87. The Morgan fingerprint density at radius 2 is 2.08 bits per heavy atom. The highest BCUT2D eigenvalue weighted by Crippen LogP contribution is 2.03. The second-order valence-corrected chi connectivity index (χ2v) is 3.76. The molecule has 1 fully saturated rings. The largest absolute Gasteiger partial charge is 1.00 e. The predicted molar refractivity (Wildman–Crippen MR) is 48.9 cm³/mol. The van der Waals surface area contributed by atoms with Crippen molar-refractivity contribution in [3.05, 3.63) is 0 Å². The quantitative estimate of drug-likeness (QED) is 0.538. The molecule has 1 heterocycles. The van der Waals surface area contributed by atoms with Crippen molar-refractivity contribution < 1.29 is 17.3 Å². The standard InChI is InChI=1S/C10H21N.ClH/c1-3-5-8-11-9-6-7-10(11)4-2;/h10H,3-9H2,1-2H3;1H. The Bertz CT molecular complexity index is 106.